The van der Waals surface area contributed by atoms with Gasteiger partial charge in [-0.1, -0.05) is 23.2 Å². The fourth-order valence-electron chi connectivity index (χ4n) is 2.28. The number of methoxy groups -OCH3 is 2. The van der Waals surface area contributed by atoms with Crippen LogP contribution in [0.4, 0.5) is 11.4 Å². The van der Waals surface area contributed by atoms with Gasteiger partial charge in [0.05, 0.1) is 41.7 Å². The minimum Gasteiger partial charge on any atom is -0.465 e. The molecule has 1 amide bonds. The van der Waals surface area contributed by atoms with Crippen LogP contribution in [-0.2, 0) is 14.3 Å². The van der Waals surface area contributed by atoms with Crippen LogP contribution in [0.5, 0.6) is 0 Å². The molecule has 0 spiro atoms. The maximum Gasteiger partial charge on any atom is 0.339 e. The Kier molecular flexibility index (Phi) is 7.81. The molecule has 0 atom stereocenters. The van der Waals surface area contributed by atoms with Crippen molar-refractivity contribution in [3.8, 4) is 6.07 Å². The first-order chi connectivity index (χ1) is 14.3. The van der Waals surface area contributed by atoms with Gasteiger partial charge in [0.1, 0.15) is 11.6 Å². The van der Waals surface area contributed by atoms with Gasteiger partial charge in [-0.05, 0) is 36.4 Å². The van der Waals surface area contributed by atoms with Gasteiger partial charge in [0.15, 0.2) is 0 Å². The van der Waals surface area contributed by atoms with Crippen molar-refractivity contribution in [3.05, 3.63) is 69.3 Å². The number of halogens is 2. The topological polar surface area (TPSA) is 118 Å². The lowest BCUT2D eigenvalue weighted by molar-refractivity contribution is -0.112. The lowest BCUT2D eigenvalue weighted by Gasteiger charge is -2.11. The van der Waals surface area contributed by atoms with E-state index < -0.39 is 17.8 Å². The number of hydrogen-bond donors (Lipinski definition) is 2. The van der Waals surface area contributed by atoms with E-state index in [2.05, 4.69) is 15.4 Å². The van der Waals surface area contributed by atoms with Crippen LogP contribution in [0.1, 0.15) is 20.7 Å². The van der Waals surface area contributed by atoms with Crippen molar-refractivity contribution in [2.45, 2.75) is 0 Å². The Labute approximate surface area is 182 Å². The Hall–Kier alpha value is -3.54. The predicted molar refractivity (Wildman–Crippen MR) is 112 cm³/mol. The van der Waals surface area contributed by atoms with Crippen molar-refractivity contribution in [2.75, 3.05) is 24.9 Å². The molecule has 0 bridgehead atoms. The molecular formula is C20H15Cl2N3O5. The fourth-order valence-corrected chi connectivity index (χ4v) is 2.73. The molecule has 2 aromatic rings. The number of anilines is 2. The first-order valence-corrected chi connectivity index (χ1v) is 9.00. The van der Waals surface area contributed by atoms with Gasteiger partial charge in [0, 0.05) is 11.2 Å². The van der Waals surface area contributed by atoms with Gasteiger partial charge < -0.3 is 20.1 Å². The number of nitrogens with zero attached hydrogens (tertiary/aromatic N) is 1. The molecule has 2 aromatic carbocycles. The van der Waals surface area contributed by atoms with Crippen molar-refractivity contribution in [1.82, 2.24) is 0 Å². The highest BCUT2D eigenvalue weighted by Crippen LogP contribution is 2.26. The number of carbonyl (C=O) groups is 3. The zero-order valence-electron chi connectivity index (χ0n) is 15.8. The molecule has 30 heavy (non-hydrogen) atoms. The molecule has 0 saturated heterocycles. The highest BCUT2D eigenvalue weighted by molar-refractivity contribution is 6.36. The van der Waals surface area contributed by atoms with Gasteiger partial charge in [-0.2, -0.15) is 5.26 Å². The number of esters is 2. The fraction of sp³-hybridized carbons (Fsp3) is 0.100. The molecule has 154 valence electrons. The molecule has 0 aliphatic rings. The summed E-state index contributed by atoms with van der Waals surface area (Å²) in [6, 6.07) is 10.3. The van der Waals surface area contributed by atoms with Crippen molar-refractivity contribution in [2.24, 2.45) is 0 Å². The highest BCUT2D eigenvalue weighted by Gasteiger charge is 2.16. The third-order valence-electron chi connectivity index (χ3n) is 3.76. The number of ether oxygens (including phenoxy) is 2. The number of nitrogens with one attached hydrogen (secondary N) is 2. The third kappa shape index (κ3) is 5.50. The van der Waals surface area contributed by atoms with Crippen LogP contribution in [0, 0.1) is 11.3 Å². The van der Waals surface area contributed by atoms with Gasteiger partial charge in [0.2, 0.25) is 0 Å². The van der Waals surface area contributed by atoms with Gasteiger partial charge in [-0.15, -0.1) is 0 Å². The minimum atomic E-state index is -0.752. The van der Waals surface area contributed by atoms with E-state index in [1.165, 1.54) is 50.6 Å². The summed E-state index contributed by atoms with van der Waals surface area (Å²) in [7, 11) is 2.41. The average molecular weight is 448 g/mol. The standard InChI is InChI=1S/C20H15Cl2N3O5/c1-29-19(27)11-3-5-14(20(28)30-2)17(7-11)24-10-12(9-23)18(26)25-16-6-4-13(21)8-15(16)22/h3-8,10,24H,1-2H3,(H,25,26)/b12-10-. The van der Waals surface area contributed by atoms with Crippen LogP contribution in [0.15, 0.2) is 48.2 Å². The van der Waals surface area contributed by atoms with E-state index in [9.17, 15) is 19.6 Å². The summed E-state index contributed by atoms with van der Waals surface area (Å²) < 4.78 is 9.35. The summed E-state index contributed by atoms with van der Waals surface area (Å²) in [5.41, 5.74) is 0.307. The van der Waals surface area contributed by atoms with E-state index in [1.54, 1.807) is 6.07 Å². The predicted octanol–water partition coefficient (Wildman–Crippen LogP) is 4.02. The summed E-state index contributed by atoms with van der Waals surface area (Å²) >= 11 is 11.8. The Morgan fingerprint density at radius 1 is 1.00 bits per heavy atom. The van der Waals surface area contributed by atoms with E-state index >= 15 is 0 Å². The second-order valence-corrected chi connectivity index (χ2v) is 6.48. The number of rotatable bonds is 6. The van der Waals surface area contributed by atoms with Crippen LogP contribution in [0.25, 0.3) is 0 Å². The zero-order chi connectivity index (χ0) is 22.3. The molecule has 0 saturated carbocycles. The summed E-state index contributed by atoms with van der Waals surface area (Å²) in [6.45, 7) is 0. The van der Waals surface area contributed by atoms with Crippen LogP contribution >= 0.6 is 23.2 Å². The Balaban J connectivity index is 2.32. The number of amides is 1. The second-order valence-electron chi connectivity index (χ2n) is 5.64. The van der Waals surface area contributed by atoms with Crippen LogP contribution < -0.4 is 10.6 Å². The molecule has 0 aliphatic carbocycles. The average Bonchev–Trinajstić information content (AvgIpc) is 2.74. The first-order valence-electron chi connectivity index (χ1n) is 8.24. The van der Waals surface area contributed by atoms with E-state index in [0.29, 0.717) is 5.02 Å². The van der Waals surface area contributed by atoms with Crippen LogP contribution in [0.3, 0.4) is 0 Å². The Morgan fingerprint density at radius 3 is 2.30 bits per heavy atom. The highest BCUT2D eigenvalue weighted by atomic mass is 35.5. The molecule has 0 radical (unpaired) electrons. The molecule has 0 aromatic heterocycles. The molecular weight excluding hydrogens is 433 g/mol. The normalized spacial score (nSPS) is 10.6. The number of nitriles is 1. The van der Waals surface area contributed by atoms with Gasteiger partial charge in [-0.25, -0.2) is 9.59 Å². The number of benzene rings is 2. The molecule has 0 unspecified atom stereocenters. The summed E-state index contributed by atoms with van der Waals surface area (Å²) in [6.07, 6.45) is 1.09. The molecule has 10 heteroatoms. The van der Waals surface area contributed by atoms with Crippen LogP contribution in [0.2, 0.25) is 10.0 Å². The monoisotopic (exact) mass is 447 g/mol. The summed E-state index contributed by atoms with van der Waals surface area (Å²) in [5.74, 6) is -2.06. The van der Waals surface area contributed by atoms with Crippen molar-refractivity contribution in [3.63, 3.8) is 0 Å². The summed E-state index contributed by atoms with van der Waals surface area (Å²) in [5, 5.41) is 15.1. The maximum atomic E-state index is 12.4. The van der Waals surface area contributed by atoms with Crippen LogP contribution in [-0.4, -0.2) is 32.1 Å². The molecule has 2 N–H and O–H groups in total. The van der Waals surface area contributed by atoms with E-state index in [4.69, 9.17) is 27.9 Å². The Morgan fingerprint density at radius 2 is 1.70 bits per heavy atom. The number of hydrogen-bond acceptors (Lipinski definition) is 7. The molecule has 2 rings (SSSR count). The lowest BCUT2D eigenvalue weighted by Crippen LogP contribution is -2.15. The maximum absolute atomic E-state index is 12.4. The molecule has 0 heterocycles. The van der Waals surface area contributed by atoms with Gasteiger partial charge >= 0.3 is 11.9 Å². The zero-order valence-corrected chi connectivity index (χ0v) is 17.3. The third-order valence-corrected chi connectivity index (χ3v) is 4.31. The van der Waals surface area contributed by atoms with Crippen molar-refractivity contribution < 1.29 is 23.9 Å². The second kappa shape index (κ2) is 10.3. The van der Waals surface area contributed by atoms with E-state index in [-0.39, 0.29) is 33.1 Å². The van der Waals surface area contributed by atoms with Gasteiger partial charge in [0.25, 0.3) is 5.91 Å². The largest absolute Gasteiger partial charge is 0.465 e. The Bertz CT molecular complexity index is 1080. The van der Waals surface area contributed by atoms with Crippen molar-refractivity contribution in [1.29, 1.82) is 5.26 Å². The SMILES string of the molecule is COC(=O)c1ccc(C(=O)OC)c(N/C=C(/C#N)C(=O)Nc2ccc(Cl)cc2Cl)c1. The minimum absolute atomic E-state index is 0.0832. The smallest absolute Gasteiger partial charge is 0.339 e. The number of carbonyl (C=O) groups excluding carboxylic acids is 3. The van der Waals surface area contributed by atoms with Crippen molar-refractivity contribution >= 4 is 52.4 Å². The van der Waals surface area contributed by atoms with E-state index in [0.717, 1.165) is 6.20 Å². The first kappa shape index (κ1) is 22.7. The summed E-state index contributed by atoms with van der Waals surface area (Å²) in [4.78, 5) is 36.1. The quantitative estimate of drug-likeness (QED) is 0.389. The van der Waals surface area contributed by atoms with Gasteiger partial charge in [-0.3, -0.25) is 4.79 Å². The molecule has 8 nitrogen and oxygen atoms in total. The molecule has 0 fully saturated rings. The molecule has 0 aliphatic heterocycles. The van der Waals surface area contributed by atoms with E-state index in [1.807, 2.05) is 0 Å². The lowest BCUT2D eigenvalue weighted by atomic mass is 10.1.